The summed E-state index contributed by atoms with van der Waals surface area (Å²) in [5, 5.41) is 0. The summed E-state index contributed by atoms with van der Waals surface area (Å²) in [6.45, 7) is 0. The van der Waals surface area contributed by atoms with E-state index in [1.54, 1.807) is 6.08 Å². The van der Waals surface area contributed by atoms with E-state index >= 15 is 0 Å². The molecule has 3 heteroatoms. The predicted octanol–water partition coefficient (Wildman–Crippen LogP) is 1.25. The molecule has 12 heavy (non-hydrogen) atoms. The first-order chi connectivity index (χ1) is 5.79. The fourth-order valence-corrected chi connectivity index (χ4v) is 2.06. The summed E-state index contributed by atoms with van der Waals surface area (Å²) in [6.07, 6.45) is 6.30. The van der Waals surface area contributed by atoms with Gasteiger partial charge in [-0.25, -0.2) is 0 Å². The molecule has 0 aromatic rings. The van der Waals surface area contributed by atoms with Gasteiger partial charge in [0.15, 0.2) is 11.6 Å². The van der Waals surface area contributed by atoms with Crippen molar-refractivity contribution in [1.29, 1.82) is 0 Å². The molecule has 0 bridgehead atoms. The first-order valence-electron chi connectivity index (χ1n) is 3.59. The Kier molecular flexibility index (Phi) is 1.73. The lowest BCUT2D eigenvalue weighted by Gasteiger charge is -2.13. The third kappa shape index (κ3) is 1.06. The van der Waals surface area contributed by atoms with Crippen LogP contribution in [0.3, 0.4) is 0 Å². The molecule has 0 aromatic carbocycles. The highest BCUT2D eigenvalue weighted by Crippen LogP contribution is 2.29. The molecule has 0 radical (unpaired) electrons. The van der Waals surface area contributed by atoms with E-state index in [1.165, 1.54) is 23.9 Å². The number of carbonyl (C=O) groups excluding carboxylic acids is 2. The molecule has 1 heterocycles. The SMILES string of the molecule is O=C1C=CC(=O)C2=C1C=CCS2. The average molecular weight is 178 g/mol. The zero-order valence-electron chi connectivity index (χ0n) is 6.24. The van der Waals surface area contributed by atoms with Crippen molar-refractivity contribution in [3.8, 4) is 0 Å². The van der Waals surface area contributed by atoms with Gasteiger partial charge < -0.3 is 0 Å². The molecule has 0 atom stereocenters. The lowest BCUT2D eigenvalue weighted by Crippen LogP contribution is -2.13. The van der Waals surface area contributed by atoms with Crippen LogP contribution >= 0.6 is 11.8 Å². The maximum Gasteiger partial charge on any atom is 0.193 e. The van der Waals surface area contributed by atoms with Crippen LogP contribution in [-0.2, 0) is 9.59 Å². The maximum absolute atomic E-state index is 11.2. The van der Waals surface area contributed by atoms with Crippen molar-refractivity contribution in [2.45, 2.75) is 0 Å². The Balaban J connectivity index is 2.51. The van der Waals surface area contributed by atoms with Crippen molar-refractivity contribution in [2.24, 2.45) is 0 Å². The maximum atomic E-state index is 11.2. The molecule has 60 valence electrons. The van der Waals surface area contributed by atoms with E-state index in [9.17, 15) is 9.59 Å². The van der Waals surface area contributed by atoms with Gasteiger partial charge in [0.2, 0.25) is 0 Å². The lowest BCUT2D eigenvalue weighted by molar-refractivity contribution is -0.114. The normalized spacial score (nSPS) is 21.7. The van der Waals surface area contributed by atoms with E-state index in [-0.39, 0.29) is 11.6 Å². The molecule has 0 spiro atoms. The molecule has 2 rings (SSSR count). The molecule has 0 fully saturated rings. The molecule has 0 unspecified atom stereocenters. The minimum Gasteiger partial charge on any atom is -0.289 e. The van der Waals surface area contributed by atoms with Crippen LogP contribution in [0, 0.1) is 0 Å². The summed E-state index contributed by atoms with van der Waals surface area (Å²) in [4.78, 5) is 23.0. The van der Waals surface area contributed by atoms with Gasteiger partial charge in [-0.15, -0.1) is 11.8 Å². The molecule has 2 aliphatic rings. The molecule has 0 aromatic heterocycles. The molecule has 2 nitrogen and oxygen atoms in total. The zero-order valence-corrected chi connectivity index (χ0v) is 7.06. The largest absolute Gasteiger partial charge is 0.289 e. The molecule has 1 aliphatic heterocycles. The van der Waals surface area contributed by atoms with Crippen molar-refractivity contribution in [2.75, 3.05) is 5.75 Å². The fraction of sp³-hybridized carbons (Fsp3) is 0.111. The van der Waals surface area contributed by atoms with Crippen LogP contribution < -0.4 is 0 Å². The second-order valence-corrected chi connectivity index (χ2v) is 3.55. The van der Waals surface area contributed by atoms with Gasteiger partial charge in [0.05, 0.1) is 4.91 Å². The fourth-order valence-electron chi connectivity index (χ4n) is 1.17. The van der Waals surface area contributed by atoms with E-state index in [0.29, 0.717) is 10.5 Å². The van der Waals surface area contributed by atoms with Crippen LogP contribution in [0.2, 0.25) is 0 Å². The molecular weight excluding hydrogens is 172 g/mol. The van der Waals surface area contributed by atoms with Crippen LogP contribution in [0.15, 0.2) is 34.8 Å². The number of carbonyl (C=O) groups is 2. The number of allylic oxidation sites excluding steroid dienone is 5. The lowest BCUT2D eigenvalue weighted by atomic mass is 10.0. The Bertz CT molecular complexity index is 348. The molecule has 0 saturated carbocycles. The van der Waals surface area contributed by atoms with E-state index in [4.69, 9.17) is 0 Å². The van der Waals surface area contributed by atoms with Crippen molar-refractivity contribution in [3.63, 3.8) is 0 Å². The zero-order chi connectivity index (χ0) is 8.55. The van der Waals surface area contributed by atoms with Gasteiger partial charge in [-0.1, -0.05) is 12.2 Å². The van der Waals surface area contributed by atoms with Gasteiger partial charge in [0.25, 0.3) is 0 Å². The summed E-state index contributed by atoms with van der Waals surface area (Å²) < 4.78 is 0. The summed E-state index contributed by atoms with van der Waals surface area (Å²) in [5.41, 5.74) is 0.554. The number of hydrogen-bond donors (Lipinski definition) is 0. The average Bonchev–Trinajstić information content (AvgIpc) is 2.12. The number of thioether (sulfide) groups is 1. The van der Waals surface area contributed by atoms with Crippen molar-refractivity contribution >= 4 is 23.3 Å². The highest BCUT2D eigenvalue weighted by Gasteiger charge is 2.22. The Morgan fingerprint density at radius 1 is 1.08 bits per heavy atom. The van der Waals surface area contributed by atoms with Crippen LogP contribution in [0.1, 0.15) is 0 Å². The molecule has 0 saturated heterocycles. The van der Waals surface area contributed by atoms with Crippen molar-refractivity contribution in [3.05, 3.63) is 34.8 Å². The molecular formula is C9H6O2S. The monoisotopic (exact) mass is 178 g/mol. The topological polar surface area (TPSA) is 34.1 Å². The van der Waals surface area contributed by atoms with E-state index in [1.807, 2.05) is 6.08 Å². The Labute approximate surface area is 74.0 Å². The van der Waals surface area contributed by atoms with Gasteiger partial charge in [0, 0.05) is 11.3 Å². The second-order valence-electron chi connectivity index (χ2n) is 2.52. The third-order valence-corrected chi connectivity index (χ3v) is 2.80. The summed E-state index contributed by atoms with van der Waals surface area (Å²) in [7, 11) is 0. The molecule has 0 N–H and O–H groups in total. The summed E-state index contributed by atoms with van der Waals surface area (Å²) in [6, 6.07) is 0. The quantitative estimate of drug-likeness (QED) is 0.523. The van der Waals surface area contributed by atoms with Crippen LogP contribution in [0.4, 0.5) is 0 Å². The number of hydrogen-bond acceptors (Lipinski definition) is 3. The highest BCUT2D eigenvalue weighted by molar-refractivity contribution is 8.04. The van der Waals surface area contributed by atoms with Crippen molar-refractivity contribution < 1.29 is 9.59 Å². The van der Waals surface area contributed by atoms with Crippen LogP contribution in [0.25, 0.3) is 0 Å². The Hall–Kier alpha value is -1.09. The van der Waals surface area contributed by atoms with Gasteiger partial charge >= 0.3 is 0 Å². The minimum absolute atomic E-state index is 0.0426. The number of ketones is 2. The molecule has 1 aliphatic carbocycles. The summed E-state index contributed by atoms with van der Waals surface area (Å²) >= 11 is 1.43. The summed E-state index contributed by atoms with van der Waals surface area (Å²) in [5.74, 6) is 0.679. The molecule has 0 amide bonds. The third-order valence-electron chi connectivity index (χ3n) is 1.73. The first-order valence-corrected chi connectivity index (χ1v) is 4.58. The highest BCUT2D eigenvalue weighted by atomic mass is 32.2. The Morgan fingerprint density at radius 2 is 1.83 bits per heavy atom. The van der Waals surface area contributed by atoms with Crippen molar-refractivity contribution in [1.82, 2.24) is 0 Å². The minimum atomic E-state index is -0.0620. The van der Waals surface area contributed by atoms with E-state index in [2.05, 4.69) is 0 Å². The first kappa shape index (κ1) is 7.55. The van der Waals surface area contributed by atoms with Gasteiger partial charge in [0.1, 0.15) is 0 Å². The smallest absolute Gasteiger partial charge is 0.193 e. The van der Waals surface area contributed by atoms with Crippen LogP contribution in [0.5, 0.6) is 0 Å². The van der Waals surface area contributed by atoms with Gasteiger partial charge in [-0.3, -0.25) is 9.59 Å². The van der Waals surface area contributed by atoms with E-state index < -0.39 is 0 Å². The predicted molar refractivity (Wildman–Crippen MR) is 47.8 cm³/mol. The van der Waals surface area contributed by atoms with Gasteiger partial charge in [-0.2, -0.15) is 0 Å². The standard InChI is InChI=1S/C9H6O2S/c10-7-3-4-8(11)9-6(7)2-1-5-12-9/h1-4H,5H2. The second kappa shape index (κ2) is 2.75. The number of rotatable bonds is 0. The van der Waals surface area contributed by atoms with Crippen LogP contribution in [-0.4, -0.2) is 17.3 Å². The van der Waals surface area contributed by atoms with E-state index in [0.717, 1.165) is 5.75 Å². The van der Waals surface area contributed by atoms with Gasteiger partial charge in [-0.05, 0) is 12.2 Å². The Morgan fingerprint density at radius 3 is 2.58 bits per heavy atom.